The number of aliphatic hydroxyl groups is 3. The molecule has 5 atom stereocenters. The van der Waals surface area contributed by atoms with Crippen LogP contribution in [-0.2, 0) is 14.0 Å². The van der Waals surface area contributed by atoms with Crippen LogP contribution in [0.15, 0.2) is 30.3 Å². The van der Waals surface area contributed by atoms with E-state index in [1.807, 2.05) is 30.3 Å². The zero-order valence-electron chi connectivity index (χ0n) is 10.1. The Hall–Kier alpha value is -0.955. The lowest BCUT2D eigenvalue weighted by Gasteiger charge is -2.36. The van der Waals surface area contributed by atoms with E-state index in [4.69, 9.17) is 14.0 Å². The van der Waals surface area contributed by atoms with Crippen molar-refractivity contribution in [2.75, 3.05) is 6.61 Å². The van der Waals surface area contributed by atoms with Gasteiger partial charge in [-0.3, -0.25) is 0 Å². The molecule has 0 unspecified atom stereocenters. The summed E-state index contributed by atoms with van der Waals surface area (Å²) in [4.78, 5) is 0. The van der Waals surface area contributed by atoms with Gasteiger partial charge in [0.1, 0.15) is 18.3 Å². The molecular weight excluding hydrogens is 251 g/mol. The standard InChI is InChI=1S/C12H15BO6/c14-6-8-10-11(9(15)12(16)17-10)19-13(18-8)7-4-2-1-3-5-7/h1-5,8-12,14-16H,6H2/t8-,9-,10-,11-,12+/m1/s1. The van der Waals surface area contributed by atoms with Gasteiger partial charge in [0, 0.05) is 0 Å². The van der Waals surface area contributed by atoms with E-state index >= 15 is 0 Å². The largest absolute Gasteiger partial charge is 0.494 e. The van der Waals surface area contributed by atoms with Gasteiger partial charge in [-0.2, -0.15) is 0 Å². The van der Waals surface area contributed by atoms with Gasteiger partial charge in [0.15, 0.2) is 6.29 Å². The minimum Gasteiger partial charge on any atom is -0.399 e. The highest BCUT2D eigenvalue weighted by molar-refractivity contribution is 6.61. The number of hydrogen-bond donors (Lipinski definition) is 3. The molecule has 0 amide bonds. The van der Waals surface area contributed by atoms with Gasteiger partial charge in [0.2, 0.25) is 0 Å². The van der Waals surface area contributed by atoms with Gasteiger partial charge in [-0.05, 0) is 5.46 Å². The molecule has 2 aliphatic rings. The van der Waals surface area contributed by atoms with E-state index in [2.05, 4.69) is 0 Å². The number of ether oxygens (including phenoxy) is 1. The third-order valence-electron chi connectivity index (χ3n) is 3.45. The molecule has 2 saturated heterocycles. The minimum absolute atomic E-state index is 0.271. The van der Waals surface area contributed by atoms with E-state index in [9.17, 15) is 15.3 Å². The maximum atomic E-state index is 9.83. The van der Waals surface area contributed by atoms with Gasteiger partial charge >= 0.3 is 7.12 Å². The second-order valence-corrected chi connectivity index (χ2v) is 4.68. The van der Waals surface area contributed by atoms with Crippen LogP contribution in [0.25, 0.3) is 0 Å². The van der Waals surface area contributed by atoms with Crippen LogP contribution < -0.4 is 5.46 Å². The predicted molar refractivity (Wildman–Crippen MR) is 65.5 cm³/mol. The van der Waals surface area contributed by atoms with Gasteiger partial charge in [-0.1, -0.05) is 30.3 Å². The lowest BCUT2D eigenvalue weighted by atomic mass is 9.76. The topological polar surface area (TPSA) is 88.4 Å². The summed E-state index contributed by atoms with van der Waals surface area (Å²) in [6, 6.07) is 9.23. The van der Waals surface area contributed by atoms with Crippen molar-refractivity contribution in [3.05, 3.63) is 30.3 Å². The second-order valence-electron chi connectivity index (χ2n) is 4.68. The maximum Gasteiger partial charge on any atom is 0.494 e. The fourth-order valence-electron chi connectivity index (χ4n) is 2.46. The summed E-state index contributed by atoms with van der Waals surface area (Å²) in [6.07, 6.45) is -4.49. The van der Waals surface area contributed by atoms with Gasteiger partial charge in [-0.25, -0.2) is 0 Å². The number of benzene rings is 1. The van der Waals surface area contributed by atoms with Crippen LogP contribution in [-0.4, -0.2) is 59.8 Å². The van der Waals surface area contributed by atoms with Crippen molar-refractivity contribution in [1.82, 2.24) is 0 Å². The summed E-state index contributed by atoms with van der Waals surface area (Å²) < 4.78 is 16.4. The van der Waals surface area contributed by atoms with E-state index in [1.165, 1.54) is 0 Å². The zero-order chi connectivity index (χ0) is 13.4. The molecule has 7 heteroatoms. The van der Waals surface area contributed by atoms with Crippen LogP contribution in [0.2, 0.25) is 0 Å². The molecule has 102 valence electrons. The second kappa shape index (κ2) is 5.20. The van der Waals surface area contributed by atoms with Crippen molar-refractivity contribution in [2.45, 2.75) is 30.7 Å². The van der Waals surface area contributed by atoms with Crippen molar-refractivity contribution in [1.29, 1.82) is 0 Å². The van der Waals surface area contributed by atoms with Crippen LogP contribution in [0.4, 0.5) is 0 Å². The molecule has 2 fully saturated rings. The first-order valence-corrected chi connectivity index (χ1v) is 6.19. The molecule has 2 heterocycles. The summed E-state index contributed by atoms with van der Waals surface area (Å²) in [7, 11) is -0.692. The molecule has 0 spiro atoms. The van der Waals surface area contributed by atoms with Crippen molar-refractivity contribution < 1.29 is 29.4 Å². The average Bonchev–Trinajstić information content (AvgIpc) is 2.75. The van der Waals surface area contributed by atoms with Gasteiger partial charge < -0.3 is 29.4 Å². The quantitative estimate of drug-likeness (QED) is 0.549. The molecule has 1 aromatic rings. The first kappa shape index (κ1) is 13.0. The summed E-state index contributed by atoms with van der Waals surface area (Å²) in [5.74, 6) is 0. The van der Waals surface area contributed by atoms with Crippen molar-refractivity contribution >= 4 is 12.6 Å². The maximum absolute atomic E-state index is 9.83. The molecule has 3 rings (SSSR count). The Morgan fingerprint density at radius 3 is 2.47 bits per heavy atom. The van der Waals surface area contributed by atoms with E-state index in [-0.39, 0.29) is 6.61 Å². The van der Waals surface area contributed by atoms with Crippen molar-refractivity contribution in [3.63, 3.8) is 0 Å². The van der Waals surface area contributed by atoms with E-state index in [0.717, 1.165) is 5.46 Å². The number of fused-ring (bicyclic) bond motifs is 1. The van der Waals surface area contributed by atoms with Gasteiger partial charge in [0.25, 0.3) is 0 Å². The Morgan fingerprint density at radius 2 is 1.79 bits per heavy atom. The third kappa shape index (κ3) is 2.29. The summed E-state index contributed by atoms with van der Waals surface area (Å²) in [5.41, 5.74) is 0.785. The Morgan fingerprint density at radius 1 is 1.05 bits per heavy atom. The highest BCUT2D eigenvalue weighted by Gasteiger charge is 2.53. The minimum atomic E-state index is -1.32. The van der Waals surface area contributed by atoms with Gasteiger partial charge in [-0.15, -0.1) is 0 Å². The van der Waals surface area contributed by atoms with Crippen molar-refractivity contribution in [2.24, 2.45) is 0 Å². The van der Waals surface area contributed by atoms with E-state index in [1.54, 1.807) is 0 Å². The Bertz CT molecular complexity index is 429. The average molecular weight is 266 g/mol. The molecule has 0 saturated carbocycles. The summed E-state index contributed by atoms with van der Waals surface area (Å²) in [5, 5.41) is 28.7. The van der Waals surface area contributed by atoms with Crippen LogP contribution in [0.5, 0.6) is 0 Å². The smallest absolute Gasteiger partial charge is 0.399 e. The number of aliphatic hydroxyl groups excluding tert-OH is 3. The predicted octanol–water partition coefficient (Wildman–Crippen LogP) is -1.76. The fourth-order valence-corrected chi connectivity index (χ4v) is 2.46. The van der Waals surface area contributed by atoms with Gasteiger partial charge in [0.05, 0.1) is 12.7 Å². The molecule has 0 aromatic heterocycles. The molecule has 6 nitrogen and oxygen atoms in total. The normalized spacial score (nSPS) is 38.3. The molecule has 0 radical (unpaired) electrons. The molecule has 0 aliphatic carbocycles. The number of hydrogen-bond acceptors (Lipinski definition) is 6. The first-order valence-electron chi connectivity index (χ1n) is 6.19. The van der Waals surface area contributed by atoms with Crippen LogP contribution in [0.3, 0.4) is 0 Å². The lowest BCUT2D eigenvalue weighted by Crippen LogP contribution is -2.58. The Kier molecular flexibility index (Phi) is 3.57. The molecule has 0 bridgehead atoms. The summed E-state index contributed by atoms with van der Waals surface area (Å²) >= 11 is 0. The highest BCUT2D eigenvalue weighted by Crippen LogP contribution is 2.30. The van der Waals surface area contributed by atoms with Crippen LogP contribution in [0.1, 0.15) is 0 Å². The molecule has 19 heavy (non-hydrogen) atoms. The molecule has 1 aromatic carbocycles. The lowest BCUT2D eigenvalue weighted by molar-refractivity contribution is -0.153. The Balaban J connectivity index is 1.83. The van der Waals surface area contributed by atoms with E-state index in [0.29, 0.717) is 0 Å². The molecule has 3 N–H and O–H groups in total. The zero-order valence-corrected chi connectivity index (χ0v) is 10.1. The number of rotatable bonds is 2. The highest BCUT2D eigenvalue weighted by atomic mass is 16.7. The SMILES string of the molecule is OC[C@H]1OB(c2ccccc2)O[C@@H]2[C@@H](O)[C@@H](O)O[C@@H]21. The monoisotopic (exact) mass is 266 g/mol. The van der Waals surface area contributed by atoms with Crippen LogP contribution in [0, 0.1) is 0 Å². The van der Waals surface area contributed by atoms with Crippen molar-refractivity contribution in [3.8, 4) is 0 Å². The molecule has 2 aliphatic heterocycles. The fraction of sp³-hybridized carbons (Fsp3) is 0.500. The van der Waals surface area contributed by atoms with E-state index < -0.39 is 37.8 Å². The first-order chi connectivity index (χ1) is 9.20. The molecular formula is C12H15BO6. The summed E-state index contributed by atoms with van der Waals surface area (Å²) in [6.45, 7) is -0.271. The third-order valence-corrected chi connectivity index (χ3v) is 3.45. The Labute approximate surface area is 110 Å². The van der Waals surface area contributed by atoms with Crippen LogP contribution >= 0.6 is 0 Å².